The molecule has 3 rings (SSSR count). The maximum atomic E-state index is 13.0. The molecular weight excluding hydrogens is 304 g/mol. The first kappa shape index (κ1) is 16.5. The topological polar surface area (TPSA) is 60.5 Å². The molecule has 0 radical (unpaired) electrons. The summed E-state index contributed by atoms with van der Waals surface area (Å²) in [5.41, 5.74) is 1.45. The first-order chi connectivity index (χ1) is 11.7. The van der Waals surface area contributed by atoms with E-state index in [4.69, 9.17) is 9.47 Å². The Labute approximate surface area is 142 Å². The lowest BCUT2D eigenvalue weighted by atomic mass is 9.73. The van der Waals surface area contributed by atoms with Gasteiger partial charge in [-0.3, -0.25) is 9.78 Å². The van der Waals surface area contributed by atoms with Crippen LogP contribution < -0.4 is 10.1 Å². The van der Waals surface area contributed by atoms with Crippen LogP contribution in [0.25, 0.3) is 0 Å². The molecule has 1 saturated heterocycles. The molecule has 2 heterocycles. The molecule has 0 aliphatic carbocycles. The quantitative estimate of drug-likeness (QED) is 0.917. The second-order valence-electron chi connectivity index (χ2n) is 5.97. The highest BCUT2D eigenvalue weighted by Gasteiger charge is 2.41. The molecule has 0 unspecified atom stereocenters. The third-order valence-electron chi connectivity index (χ3n) is 4.60. The Morgan fingerprint density at radius 1 is 1.25 bits per heavy atom. The number of benzene rings is 1. The fourth-order valence-corrected chi connectivity index (χ4v) is 3.13. The molecule has 0 spiro atoms. The highest BCUT2D eigenvalue weighted by molar-refractivity contribution is 5.88. The first-order valence-corrected chi connectivity index (χ1v) is 8.14. The van der Waals surface area contributed by atoms with E-state index < -0.39 is 5.41 Å². The van der Waals surface area contributed by atoms with Gasteiger partial charge in [-0.15, -0.1) is 0 Å². The Morgan fingerprint density at radius 2 is 2.00 bits per heavy atom. The molecule has 1 N–H and O–H groups in total. The number of hydrogen-bond donors (Lipinski definition) is 1. The van der Waals surface area contributed by atoms with Crippen LogP contribution in [0.3, 0.4) is 0 Å². The molecule has 126 valence electrons. The Hall–Kier alpha value is -2.40. The molecule has 5 heteroatoms. The molecule has 1 fully saturated rings. The van der Waals surface area contributed by atoms with Gasteiger partial charge in [0.25, 0.3) is 0 Å². The van der Waals surface area contributed by atoms with Crippen molar-refractivity contribution in [2.75, 3.05) is 20.3 Å². The van der Waals surface area contributed by atoms with Crippen molar-refractivity contribution in [2.24, 2.45) is 0 Å². The van der Waals surface area contributed by atoms with Crippen LogP contribution in [0.1, 0.15) is 24.0 Å². The summed E-state index contributed by atoms with van der Waals surface area (Å²) in [7, 11) is 1.64. The molecule has 2 aromatic rings. The Bertz CT molecular complexity index is 665. The van der Waals surface area contributed by atoms with Crippen molar-refractivity contribution < 1.29 is 14.3 Å². The summed E-state index contributed by atoms with van der Waals surface area (Å²) >= 11 is 0. The van der Waals surface area contributed by atoms with E-state index in [1.54, 1.807) is 19.5 Å². The predicted molar refractivity (Wildman–Crippen MR) is 90.8 cm³/mol. The normalized spacial score (nSPS) is 16.4. The second-order valence-corrected chi connectivity index (χ2v) is 5.97. The molecule has 0 bridgehead atoms. The summed E-state index contributed by atoms with van der Waals surface area (Å²) in [5, 5.41) is 3.07. The van der Waals surface area contributed by atoms with Crippen molar-refractivity contribution in [2.45, 2.75) is 24.8 Å². The van der Waals surface area contributed by atoms with Crippen molar-refractivity contribution in [1.29, 1.82) is 0 Å². The number of pyridine rings is 1. The molecule has 24 heavy (non-hydrogen) atoms. The molecule has 1 amide bonds. The number of rotatable bonds is 5. The molecule has 5 nitrogen and oxygen atoms in total. The molecule has 1 aromatic carbocycles. The number of ether oxygens (including phenoxy) is 2. The number of aromatic nitrogens is 1. The van der Waals surface area contributed by atoms with E-state index in [2.05, 4.69) is 10.3 Å². The van der Waals surface area contributed by atoms with Gasteiger partial charge in [-0.1, -0.05) is 18.2 Å². The minimum absolute atomic E-state index is 0.0415. The molecule has 1 aliphatic rings. The maximum Gasteiger partial charge on any atom is 0.231 e. The zero-order chi connectivity index (χ0) is 16.8. The minimum atomic E-state index is -0.549. The van der Waals surface area contributed by atoms with Gasteiger partial charge in [0.2, 0.25) is 5.91 Å². The minimum Gasteiger partial charge on any atom is -0.497 e. The first-order valence-electron chi connectivity index (χ1n) is 8.14. The van der Waals surface area contributed by atoms with Crippen LogP contribution >= 0.6 is 0 Å². The van der Waals surface area contributed by atoms with Gasteiger partial charge < -0.3 is 14.8 Å². The van der Waals surface area contributed by atoms with Crippen LogP contribution in [-0.2, 0) is 21.5 Å². The summed E-state index contributed by atoms with van der Waals surface area (Å²) in [6.45, 7) is 1.66. The summed E-state index contributed by atoms with van der Waals surface area (Å²) in [5.74, 6) is 0.830. The average molecular weight is 326 g/mol. The van der Waals surface area contributed by atoms with Gasteiger partial charge >= 0.3 is 0 Å². The smallest absolute Gasteiger partial charge is 0.231 e. The van der Waals surface area contributed by atoms with Gasteiger partial charge in [-0.2, -0.15) is 0 Å². The van der Waals surface area contributed by atoms with Gasteiger partial charge in [0.15, 0.2) is 0 Å². The molecular formula is C19H22N2O3. The third-order valence-corrected chi connectivity index (χ3v) is 4.60. The van der Waals surface area contributed by atoms with E-state index >= 15 is 0 Å². The standard InChI is InChI=1S/C19H22N2O3/c1-23-17-6-4-16(5-7-17)19(8-11-24-12-9-19)18(22)21-14-15-3-2-10-20-13-15/h2-7,10,13H,8-9,11-12,14H2,1H3,(H,21,22). The number of nitrogens with one attached hydrogen (secondary N) is 1. The summed E-state index contributed by atoms with van der Waals surface area (Å²) in [4.78, 5) is 17.1. The van der Waals surface area contributed by atoms with Crippen molar-refractivity contribution in [3.63, 3.8) is 0 Å². The van der Waals surface area contributed by atoms with Gasteiger partial charge in [0.05, 0.1) is 12.5 Å². The maximum absolute atomic E-state index is 13.0. The van der Waals surface area contributed by atoms with Gasteiger partial charge in [-0.05, 0) is 42.2 Å². The van der Waals surface area contributed by atoms with E-state index in [1.807, 2.05) is 36.4 Å². The fraction of sp³-hybridized carbons (Fsp3) is 0.368. The van der Waals surface area contributed by atoms with E-state index in [-0.39, 0.29) is 5.91 Å². The molecule has 0 saturated carbocycles. The van der Waals surface area contributed by atoms with Crippen LogP contribution in [0.2, 0.25) is 0 Å². The van der Waals surface area contributed by atoms with Gasteiger partial charge in [-0.25, -0.2) is 0 Å². The van der Waals surface area contributed by atoms with Crippen molar-refractivity contribution in [3.8, 4) is 5.75 Å². The zero-order valence-electron chi connectivity index (χ0n) is 13.8. The summed E-state index contributed by atoms with van der Waals surface area (Å²) in [6, 6.07) is 11.6. The highest BCUT2D eigenvalue weighted by Crippen LogP contribution is 2.36. The van der Waals surface area contributed by atoms with Gasteiger partial charge in [0, 0.05) is 32.2 Å². The van der Waals surface area contributed by atoms with E-state index in [9.17, 15) is 4.79 Å². The van der Waals surface area contributed by atoms with E-state index in [0.717, 1.165) is 16.9 Å². The molecule has 1 aliphatic heterocycles. The zero-order valence-corrected chi connectivity index (χ0v) is 13.8. The lowest BCUT2D eigenvalue weighted by molar-refractivity contribution is -0.130. The van der Waals surface area contributed by atoms with Crippen LogP contribution in [0.4, 0.5) is 0 Å². The Balaban J connectivity index is 1.80. The van der Waals surface area contributed by atoms with Gasteiger partial charge in [0.1, 0.15) is 5.75 Å². The number of amides is 1. The Kier molecular flexibility index (Phi) is 5.11. The fourth-order valence-electron chi connectivity index (χ4n) is 3.13. The predicted octanol–water partition coefficient (Wildman–Crippen LogP) is 2.45. The number of nitrogens with zero attached hydrogens (tertiary/aromatic N) is 1. The third kappa shape index (κ3) is 3.41. The highest BCUT2D eigenvalue weighted by atomic mass is 16.5. The monoisotopic (exact) mass is 326 g/mol. The number of hydrogen-bond acceptors (Lipinski definition) is 4. The second kappa shape index (κ2) is 7.45. The average Bonchev–Trinajstić information content (AvgIpc) is 2.67. The van der Waals surface area contributed by atoms with Crippen LogP contribution in [0.5, 0.6) is 5.75 Å². The van der Waals surface area contributed by atoms with E-state index in [1.165, 1.54) is 0 Å². The Morgan fingerprint density at radius 3 is 2.62 bits per heavy atom. The van der Waals surface area contributed by atoms with Crippen LogP contribution in [0.15, 0.2) is 48.8 Å². The number of methoxy groups -OCH3 is 1. The summed E-state index contributed by atoms with van der Waals surface area (Å²) in [6.07, 6.45) is 4.85. The van der Waals surface area contributed by atoms with E-state index in [0.29, 0.717) is 32.6 Å². The van der Waals surface area contributed by atoms with Crippen molar-refractivity contribution in [1.82, 2.24) is 10.3 Å². The lowest BCUT2D eigenvalue weighted by Gasteiger charge is -2.36. The summed E-state index contributed by atoms with van der Waals surface area (Å²) < 4.78 is 10.7. The molecule has 1 aromatic heterocycles. The van der Waals surface area contributed by atoms with Crippen molar-refractivity contribution >= 4 is 5.91 Å². The SMILES string of the molecule is COc1ccc(C2(C(=O)NCc3cccnc3)CCOCC2)cc1. The van der Waals surface area contributed by atoms with Crippen LogP contribution in [0, 0.1) is 0 Å². The van der Waals surface area contributed by atoms with Crippen molar-refractivity contribution in [3.05, 3.63) is 59.9 Å². The molecule has 0 atom stereocenters. The largest absolute Gasteiger partial charge is 0.497 e. The number of carbonyl (C=O) groups is 1. The number of carbonyl (C=O) groups excluding carboxylic acids is 1. The van der Waals surface area contributed by atoms with Crippen LogP contribution in [-0.4, -0.2) is 31.2 Å². The lowest BCUT2D eigenvalue weighted by Crippen LogP contribution is -2.47.